The molecule has 1 aliphatic rings. The van der Waals surface area contributed by atoms with Gasteiger partial charge in [0.15, 0.2) is 6.29 Å². The molecule has 1 rings (SSSR count). The first-order valence-electron chi connectivity index (χ1n) is 3.59. The normalized spacial score (nSPS) is 27.6. The minimum Gasteiger partial charge on any atom is -0.376 e. The summed E-state index contributed by atoms with van der Waals surface area (Å²) in [5.41, 5.74) is 0. The largest absolute Gasteiger partial charge is 0.376 e. The van der Waals surface area contributed by atoms with E-state index in [1.807, 2.05) is 6.92 Å². The average Bonchev–Trinajstić information content (AvgIpc) is 1.84. The molecule has 0 amide bonds. The van der Waals surface area contributed by atoms with E-state index in [-0.39, 0.29) is 6.29 Å². The molecule has 0 aromatic heterocycles. The fourth-order valence-corrected chi connectivity index (χ4v) is 0.727. The van der Waals surface area contributed by atoms with E-state index in [0.717, 1.165) is 13.0 Å². The van der Waals surface area contributed by atoms with Crippen molar-refractivity contribution in [3.8, 4) is 0 Å². The van der Waals surface area contributed by atoms with Crippen molar-refractivity contribution in [3.05, 3.63) is 0 Å². The minimum absolute atomic E-state index is 0.107. The summed E-state index contributed by atoms with van der Waals surface area (Å²) in [5.74, 6) is 0. The van der Waals surface area contributed by atoms with E-state index in [0.29, 0.717) is 12.7 Å². The van der Waals surface area contributed by atoms with Gasteiger partial charge in [-0.2, -0.15) is 0 Å². The lowest BCUT2D eigenvalue weighted by atomic mass is 10.2. The summed E-state index contributed by atoms with van der Waals surface area (Å²) in [6, 6.07) is 0. The molecule has 0 aromatic carbocycles. The van der Waals surface area contributed by atoms with Crippen molar-refractivity contribution in [3.63, 3.8) is 0 Å². The molecular formula is C7H14O3. The number of hydrogen-bond acceptors (Lipinski definition) is 3. The number of methoxy groups -OCH3 is 1. The SMILES string of the molecule is COC(C)OCC1CCO1. The smallest absolute Gasteiger partial charge is 0.154 e. The van der Waals surface area contributed by atoms with Crippen LogP contribution in [-0.2, 0) is 14.2 Å². The zero-order valence-corrected chi connectivity index (χ0v) is 6.50. The molecule has 0 saturated carbocycles. The zero-order valence-electron chi connectivity index (χ0n) is 6.50. The highest BCUT2D eigenvalue weighted by Gasteiger charge is 2.18. The van der Waals surface area contributed by atoms with Gasteiger partial charge in [-0.15, -0.1) is 0 Å². The van der Waals surface area contributed by atoms with E-state index in [2.05, 4.69) is 0 Å². The van der Waals surface area contributed by atoms with Crippen LogP contribution in [0.4, 0.5) is 0 Å². The van der Waals surface area contributed by atoms with Crippen molar-refractivity contribution in [2.45, 2.75) is 25.7 Å². The van der Waals surface area contributed by atoms with Crippen LogP contribution in [0.25, 0.3) is 0 Å². The summed E-state index contributed by atoms with van der Waals surface area (Å²) in [6.45, 7) is 3.42. The number of ether oxygens (including phenoxy) is 3. The third-order valence-electron chi connectivity index (χ3n) is 1.64. The Balaban J connectivity index is 1.93. The second-order valence-corrected chi connectivity index (χ2v) is 2.42. The summed E-state index contributed by atoms with van der Waals surface area (Å²) in [5, 5.41) is 0. The van der Waals surface area contributed by atoms with Gasteiger partial charge in [0, 0.05) is 13.7 Å². The van der Waals surface area contributed by atoms with E-state index in [1.165, 1.54) is 0 Å². The molecule has 0 aromatic rings. The van der Waals surface area contributed by atoms with Gasteiger partial charge in [-0.3, -0.25) is 0 Å². The topological polar surface area (TPSA) is 27.7 Å². The van der Waals surface area contributed by atoms with Crippen LogP contribution in [0.2, 0.25) is 0 Å². The average molecular weight is 146 g/mol. The van der Waals surface area contributed by atoms with Crippen molar-refractivity contribution in [1.82, 2.24) is 0 Å². The van der Waals surface area contributed by atoms with Crippen LogP contribution in [0.1, 0.15) is 13.3 Å². The zero-order chi connectivity index (χ0) is 7.40. The summed E-state index contributed by atoms with van der Waals surface area (Å²) >= 11 is 0. The Morgan fingerprint density at radius 3 is 2.80 bits per heavy atom. The Morgan fingerprint density at radius 1 is 1.70 bits per heavy atom. The highest BCUT2D eigenvalue weighted by Crippen LogP contribution is 2.11. The van der Waals surface area contributed by atoms with Gasteiger partial charge in [0.05, 0.1) is 12.7 Å². The first kappa shape index (κ1) is 7.98. The molecule has 60 valence electrons. The molecule has 0 bridgehead atoms. The predicted octanol–water partition coefficient (Wildman–Crippen LogP) is 0.784. The Morgan fingerprint density at radius 2 is 2.40 bits per heavy atom. The van der Waals surface area contributed by atoms with Crippen LogP contribution in [0.3, 0.4) is 0 Å². The van der Waals surface area contributed by atoms with Crippen LogP contribution in [0, 0.1) is 0 Å². The lowest BCUT2D eigenvalue weighted by Gasteiger charge is -2.27. The minimum atomic E-state index is -0.107. The Kier molecular flexibility index (Phi) is 3.12. The molecule has 1 fully saturated rings. The molecule has 1 saturated heterocycles. The summed E-state index contributed by atoms with van der Waals surface area (Å²) in [6.07, 6.45) is 1.33. The molecule has 0 spiro atoms. The summed E-state index contributed by atoms with van der Waals surface area (Å²) in [7, 11) is 1.63. The lowest BCUT2D eigenvalue weighted by molar-refractivity contribution is -0.163. The third-order valence-corrected chi connectivity index (χ3v) is 1.64. The monoisotopic (exact) mass is 146 g/mol. The van der Waals surface area contributed by atoms with Crippen LogP contribution in [0.15, 0.2) is 0 Å². The predicted molar refractivity (Wildman–Crippen MR) is 36.8 cm³/mol. The van der Waals surface area contributed by atoms with Gasteiger partial charge in [0.25, 0.3) is 0 Å². The first-order chi connectivity index (χ1) is 4.83. The fraction of sp³-hybridized carbons (Fsp3) is 1.00. The molecule has 3 nitrogen and oxygen atoms in total. The van der Waals surface area contributed by atoms with Crippen molar-refractivity contribution >= 4 is 0 Å². The van der Waals surface area contributed by atoms with Crippen LogP contribution >= 0.6 is 0 Å². The molecule has 0 N–H and O–H groups in total. The maximum absolute atomic E-state index is 5.25. The number of hydrogen-bond donors (Lipinski definition) is 0. The molecule has 10 heavy (non-hydrogen) atoms. The molecule has 0 radical (unpaired) electrons. The Labute approximate surface area is 61.3 Å². The van der Waals surface area contributed by atoms with Crippen molar-refractivity contribution in [2.75, 3.05) is 20.3 Å². The molecule has 1 aliphatic heterocycles. The van der Waals surface area contributed by atoms with Crippen LogP contribution in [-0.4, -0.2) is 32.7 Å². The van der Waals surface area contributed by atoms with Gasteiger partial charge in [-0.1, -0.05) is 0 Å². The van der Waals surface area contributed by atoms with E-state index in [9.17, 15) is 0 Å². The Hall–Kier alpha value is -0.120. The highest BCUT2D eigenvalue weighted by molar-refractivity contribution is 4.64. The van der Waals surface area contributed by atoms with Crippen LogP contribution < -0.4 is 0 Å². The third kappa shape index (κ3) is 2.25. The van der Waals surface area contributed by atoms with Gasteiger partial charge >= 0.3 is 0 Å². The fourth-order valence-electron chi connectivity index (χ4n) is 0.727. The van der Waals surface area contributed by atoms with Gasteiger partial charge in [0.2, 0.25) is 0 Å². The molecule has 2 atom stereocenters. The second kappa shape index (κ2) is 3.91. The quantitative estimate of drug-likeness (QED) is 0.549. The first-order valence-corrected chi connectivity index (χ1v) is 3.59. The standard InChI is InChI=1S/C7H14O3/c1-6(8-2)10-5-7-3-4-9-7/h6-7H,3-5H2,1-2H3. The van der Waals surface area contributed by atoms with Gasteiger partial charge in [0.1, 0.15) is 0 Å². The highest BCUT2D eigenvalue weighted by atomic mass is 16.7. The van der Waals surface area contributed by atoms with Gasteiger partial charge < -0.3 is 14.2 Å². The number of rotatable bonds is 4. The van der Waals surface area contributed by atoms with Crippen molar-refractivity contribution < 1.29 is 14.2 Å². The van der Waals surface area contributed by atoms with E-state index < -0.39 is 0 Å². The van der Waals surface area contributed by atoms with Crippen molar-refractivity contribution in [2.24, 2.45) is 0 Å². The molecule has 3 heteroatoms. The Bertz CT molecular complexity index is 86.1. The summed E-state index contributed by atoms with van der Waals surface area (Å²) in [4.78, 5) is 0. The van der Waals surface area contributed by atoms with E-state index in [4.69, 9.17) is 14.2 Å². The molecule has 0 aliphatic carbocycles. The van der Waals surface area contributed by atoms with Gasteiger partial charge in [-0.25, -0.2) is 0 Å². The van der Waals surface area contributed by atoms with E-state index in [1.54, 1.807) is 7.11 Å². The van der Waals surface area contributed by atoms with Crippen LogP contribution in [0.5, 0.6) is 0 Å². The molecule has 1 heterocycles. The summed E-state index contributed by atoms with van der Waals surface area (Å²) < 4.78 is 15.3. The lowest BCUT2D eigenvalue weighted by Crippen LogP contribution is -2.33. The maximum atomic E-state index is 5.25. The molecular weight excluding hydrogens is 132 g/mol. The molecule has 2 unspecified atom stereocenters. The maximum Gasteiger partial charge on any atom is 0.154 e. The van der Waals surface area contributed by atoms with E-state index >= 15 is 0 Å². The van der Waals surface area contributed by atoms with Crippen molar-refractivity contribution in [1.29, 1.82) is 0 Å². The second-order valence-electron chi connectivity index (χ2n) is 2.42. The van der Waals surface area contributed by atoms with Gasteiger partial charge in [-0.05, 0) is 13.3 Å².